The van der Waals surface area contributed by atoms with Crippen molar-refractivity contribution in [2.45, 2.75) is 31.7 Å². The maximum absolute atomic E-state index is 13.9. The van der Waals surface area contributed by atoms with E-state index in [2.05, 4.69) is 15.3 Å². The fourth-order valence-corrected chi connectivity index (χ4v) is 3.35. The first-order valence-corrected chi connectivity index (χ1v) is 7.50. The van der Waals surface area contributed by atoms with E-state index in [0.717, 1.165) is 19.2 Å². The molecule has 0 amide bonds. The summed E-state index contributed by atoms with van der Waals surface area (Å²) >= 11 is 0. The van der Waals surface area contributed by atoms with E-state index in [1.807, 2.05) is 4.90 Å². The molecule has 2 fully saturated rings. The van der Waals surface area contributed by atoms with Gasteiger partial charge in [0.15, 0.2) is 23.3 Å². The first-order chi connectivity index (χ1) is 10.2. The van der Waals surface area contributed by atoms with E-state index in [-0.39, 0.29) is 11.6 Å². The second-order valence-corrected chi connectivity index (χ2v) is 5.73. The topological polar surface area (TPSA) is 57.4 Å². The number of nitrogens with two attached hydrogens (primary N) is 1. The number of hydrazine groups is 1. The zero-order valence-corrected chi connectivity index (χ0v) is 12.0. The van der Waals surface area contributed by atoms with Gasteiger partial charge in [0.05, 0.1) is 0 Å². The molecule has 0 unspecified atom stereocenters. The normalized spacial score (nSPS) is 21.0. The minimum atomic E-state index is -0.775. The standard InChI is InChI=1S/C14H21F2N5/c15-11-9-12(16)14(18-13(11)19-17)21-7-5-20(6-8-21)10-3-1-2-4-10/h9-10H,1-8,17H2,(H,18,19). The largest absolute Gasteiger partial charge is 0.352 e. The maximum atomic E-state index is 13.9. The zero-order chi connectivity index (χ0) is 14.8. The minimum Gasteiger partial charge on any atom is -0.352 e. The molecule has 0 radical (unpaired) electrons. The number of hydrogen-bond acceptors (Lipinski definition) is 5. The fraction of sp³-hybridized carbons (Fsp3) is 0.643. The predicted octanol–water partition coefficient (Wildman–Crippen LogP) is 1.71. The van der Waals surface area contributed by atoms with Gasteiger partial charge in [-0.2, -0.15) is 0 Å². The number of nitrogens with one attached hydrogen (secondary N) is 1. The lowest BCUT2D eigenvalue weighted by atomic mass is 10.2. The van der Waals surface area contributed by atoms with Gasteiger partial charge in [0, 0.05) is 38.3 Å². The fourth-order valence-electron chi connectivity index (χ4n) is 3.35. The summed E-state index contributed by atoms with van der Waals surface area (Å²) in [6.07, 6.45) is 5.16. The third-order valence-electron chi connectivity index (χ3n) is 4.50. The highest BCUT2D eigenvalue weighted by molar-refractivity contribution is 5.49. The van der Waals surface area contributed by atoms with Crippen LogP contribution >= 0.6 is 0 Å². The molecule has 1 aliphatic heterocycles. The van der Waals surface area contributed by atoms with Gasteiger partial charge in [-0.25, -0.2) is 19.6 Å². The van der Waals surface area contributed by atoms with Crippen LogP contribution in [0.3, 0.4) is 0 Å². The summed E-state index contributed by atoms with van der Waals surface area (Å²) < 4.78 is 27.3. The third-order valence-corrected chi connectivity index (χ3v) is 4.50. The smallest absolute Gasteiger partial charge is 0.178 e. The highest BCUT2D eigenvalue weighted by atomic mass is 19.1. The molecule has 0 aromatic carbocycles. The summed E-state index contributed by atoms with van der Waals surface area (Å²) in [7, 11) is 0. The van der Waals surface area contributed by atoms with Crippen molar-refractivity contribution in [1.29, 1.82) is 0 Å². The highest BCUT2D eigenvalue weighted by Crippen LogP contribution is 2.27. The summed E-state index contributed by atoms with van der Waals surface area (Å²) in [4.78, 5) is 8.30. The Morgan fingerprint density at radius 3 is 2.38 bits per heavy atom. The number of hydrogen-bond donors (Lipinski definition) is 2. The molecule has 1 aromatic rings. The Kier molecular flexibility index (Phi) is 4.21. The van der Waals surface area contributed by atoms with Gasteiger partial charge in [-0.15, -0.1) is 0 Å². The highest BCUT2D eigenvalue weighted by Gasteiger charge is 2.28. The van der Waals surface area contributed by atoms with Crippen LogP contribution in [0.1, 0.15) is 25.7 Å². The van der Waals surface area contributed by atoms with Crippen molar-refractivity contribution in [2.75, 3.05) is 36.5 Å². The summed E-state index contributed by atoms with van der Waals surface area (Å²) in [6.45, 7) is 3.20. The van der Waals surface area contributed by atoms with Crippen molar-refractivity contribution in [3.05, 3.63) is 17.7 Å². The van der Waals surface area contributed by atoms with Gasteiger partial charge in [-0.3, -0.25) is 4.90 Å². The number of piperazine rings is 1. The zero-order valence-electron chi connectivity index (χ0n) is 12.0. The third kappa shape index (κ3) is 2.94. The lowest BCUT2D eigenvalue weighted by molar-refractivity contribution is 0.187. The number of nitrogen functional groups attached to an aromatic ring is 1. The molecule has 0 bridgehead atoms. The monoisotopic (exact) mass is 297 g/mol. The first kappa shape index (κ1) is 14.5. The van der Waals surface area contributed by atoms with Crippen LogP contribution in [-0.4, -0.2) is 42.1 Å². The molecule has 1 aromatic heterocycles. The molecule has 1 saturated heterocycles. The summed E-state index contributed by atoms with van der Waals surface area (Å²) in [6, 6.07) is 1.51. The Morgan fingerprint density at radius 1 is 1.10 bits per heavy atom. The van der Waals surface area contributed by atoms with Crippen molar-refractivity contribution in [1.82, 2.24) is 9.88 Å². The Morgan fingerprint density at radius 2 is 1.76 bits per heavy atom. The SMILES string of the molecule is NNc1nc(N2CCN(C3CCCC3)CC2)c(F)cc1F. The van der Waals surface area contributed by atoms with Crippen LogP contribution in [-0.2, 0) is 0 Å². The van der Waals surface area contributed by atoms with Crippen LogP contribution in [0.2, 0.25) is 0 Å². The van der Waals surface area contributed by atoms with Crippen molar-refractivity contribution in [3.63, 3.8) is 0 Å². The van der Waals surface area contributed by atoms with E-state index in [0.29, 0.717) is 19.1 Å². The van der Waals surface area contributed by atoms with E-state index in [4.69, 9.17) is 5.84 Å². The van der Waals surface area contributed by atoms with Crippen molar-refractivity contribution in [3.8, 4) is 0 Å². The lowest BCUT2D eigenvalue weighted by Gasteiger charge is -2.38. The number of halogens is 2. The van der Waals surface area contributed by atoms with E-state index in [9.17, 15) is 8.78 Å². The van der Waals surface area contributed by atoms with Crippen LogP contribution in [0.5, 0.6) is 0 Å². The van der Waals surface area contributed by atoms with Crippen LogP contribution < -0.4 is 16.2 Å². The van der Waals surface area contributed by atoms with E-state index < -0.39 is 11.6 Å². The van der Waals surface area contributed by atoms with Gasteiger partial charge >= 0.3 is 0 Å². The van der Waals surface area contributed by atoms with Crippen molar-refractivity contribution >= 4 is 11.6 Å². The quantitative estimate of drug-likeness (QED) is 0.657. The molecule has 1 aliphatic carbocycles. The number of aromatic nitrogens is 1. The molecule has 0 atom stereocenters. The molecule has 21 heavy (non-hydrogen) atoms. The Labute approximate surface area is 123 Å². The number of pyridine rings is 1. The van der Waals surface area contributed by atoms with Crippen LogP contribution in [0.4, 0.5) is 20.4 Å². The predicted molar refractivity (Wildman–Crippen MR) is 78.0 cm³/mol. The molecule has 3 N–H and O–H groups in total. The second-order valence-electron chi connectivity index (χ2n) is 5.73. The molecule has 2 heterocycles. The van der Waals surface area contributed by atoms with Gasteiger partial charge in [0.1, 0.15) is 0 Å². The average Bonchev–Trinajstić information content (AvgIpc) is 3.02. The van der Waals surface area contributed by atoms with Crippen molar-refractivity contribution < 1.29 is 8.78 Å². The molecular weight excluding hydrogens is 276 g/mol. The van der Waals surface area contributed by atoms with Gasteiger partial charge in [-0.05, 0) is 12.8 Å². The van der Waals surface area contributed by atoms with E-state index >= 15 is 0 Å². The Bertz CT molecular complexity index is 496. The van der Waals surface area contributed by atoms with Crippen LogP contribution in [0.25, 0.3) is 0 Å². The van der Waals surface area contributed by atoms with Gasteiger partial charge in [-0.1, -0.05) is 12.8 Å². The van der Waals surface area contributed by atoms with Gasteiger partial charge in [0.25, 0.3) is 0 Å². The first-order valence-electron chi connectivity index (χ1n) is 7.50. The maximum Gasteiger partial charge on any atom is 0.178 e. The number of nitrogens with zero attached hydrogens (tertiary/aromatic N) is 3. The summed E-state index contributed by atoms with van der Waals surface area (Å²) in [5.74, 6) is 3.85. The lowest BCUT2D eigenvalue weighted by Crippen LogP contribution is -2.50. The molecule has 7 heteroatoms. The van der Waals surface area contributed by atoms with Gasteiger partial charge in [0.2, 0.25) is 0 Å². The molecule has 0 spiro atoms. The summed E-state index contributed by atoms with van der Waals surface area (Å²) in [5, 5.41) is 0. The Balaban J connectivity index is 1.69. The van der Waals surface area contributed by atoms with Crippen LogP contribution in [0, 0.1) is 11.6 Å². The minimum absolute atomic E-state index is 0.121. The van der Waals surface area contributed by atoms with Gasteiger partial charge < -0.3 is 10.3 Å². The molecule has 1 saturated carbocycles. The number of rotatable bonds is 3. The average molecular weight is 297 g/mol. The Hall–Kier alpha value is -1.47. The molecule has 5 nitrogen and oxygen atoms in total. The molecular formula is C14H21F2N5. The van der Waals surface area contributed by atoms with E-state index in [1.165, 1.54) is 25.7 Å². The molecule has 116 valence electrons. The van der Waals surface area contributed by atoms with Crippen LogP contribution in [0.15, 0.2) is 6.07 Å². The molecule has 3 rings (SSSR count). The van der Waals surface area contributed by atoms with E-state index in [1.54, 1.807) is 0 Å². The van der Waals surface area contributed by atoms with Crippen molar-refractivity contribution in [2.24, 2.45) is 5.84 Å². The second kappa shape index (κ2) is 6.11. The molecule has 2 aliphatic rings. The number of anilines is 2. The summed E-state index contributed by atoms with van der Waals surface area (Å²) in [5.41, 5.74) is 2.17.